The molecule has 50 valence electrons. The van der Waals surface area contributed by atoms with Gasteiger partial charge in [-0.3, -0.25) is 0 Å². The normalized spacial score (nSPS) is 10.1. The van der Waals surface area contributed by atoms with E-state index in [1.54, 1.807) is 0 Å². The van der Waals surface area contributed by atoms with Crippen molar-refractivity contribution in [3.63, 3.8) is 0 Å². The lowest BCUT2D eigenvalue weighted by Gasteiger charge is -2.02. The second kappa shape index (κ2) is 2.48. The molecule has 1 aromatic rings. The quantitative estimate of drug-likeness (QED) is 0.592. The van der Waals surface area contributed by atoms with Crippen molar-refractivity contribution in [2.45, 2.75) is 20.0 Å². The van der Waals surface area contributed by atoms with Crippen LogP contribution in [0.5, 0.6) is 5.88 Å². The van der Waals surface area contributed by atoms with Crippen molar-refractivity contribution in [2.75, 3.05) is 0 Å². The van der Waals surface area contributed by atoms with E-state index in [2.05, 4.69) is 14.9 Å². The fraction of sp³-hybridized carbons (Fsp3) is 0.600. The Morgan fingerprint density at radius 2 is 2.44 bits per heavy atom. The molecule has 0 aromatic carbocycles. The molecule has 0 unspecified atom stereocenters. The Balaban J connectivity index is 2.48. The molecule has 0 aliphatic carbocycles. The average Bonchev–Trinajstić information content (AvgIpc) is 2.15. The lowest BCUT2D eigenvalue weighted by atomic mass is 10.5. The van der Waals surface area contributed by atoms with Crippen molar-refractivity contribution in [3.05, 3.63) is 6.26 Å². The molecule has 0 spiro atoms. The van der Waals surface area contributed by atoms with E-state index in [9.17, 15) is 0 Å². The summed E-state index contributed by atoms with van der Waals surface area (Å²) in [5, 5.41) is 6.74. The minimum absolute atomic E-state index is 0.122. The highest BCUT2D eigenvalue weighted by Crippen LogP contribution is 2.03. The molecule has 9 heavy (non-hydrogen) atoms. The number of rotatable bonds is 2. The number of nitrogens with zero attached hydrogens (tertiary/aromatic N) is 2. The van der Waals surface area contributed by atoms with E-state index in [1.807, 2.05) is 13.8 Å². The first-order valence-corrected chi connectivity index (χ1v) is 2.73. The second-order valence-electron chi connectivity index (χ2n) is 1.91. The predicted molar refractivity (Wildman–Crippen MR) is 30.1 cm³/mol. The molecule has 1 heterocycles. The van der Waals surface area contributed by atoms with E-state index < -0.39 is 0 Å². The van der Waals surface area contributed by atoms with Gasteiger partial charge in [0.05, 0.1) is 6.10 Å². The summed E-state index contributed by atoms with van der Waals surface area (Å²) >= 11 is 0. The van der Waals surface area contributed by atoms with Crippen LogP contribution in [0.2, 0.25) is 0 Å². The molecule has 1 aromatic heterocycles. The SMILES string of the molecule is CC(C)Oc1conn1. The lowest BCUT2D eigenvalue weighted by Crippen LogP contribution is -2.05. The van der Waals surface area contributed by atoms with Crippen LogP contribution in [0.1, 0.15) is 13.8 Å². The zero-order valence-corrected chi connectivity index (χ0v) is 5.37. The Morgan fingerprint density at radius 3 is 2.89 bits per heavy atom. The molecular weight excluding hydrogens is 120 g/mol. The van der Waals surface area contributed by atoms with Crippen LogP contribution in [0, 0.1) is 0 Å². The largest absolute Gasteiger partial charge is 0.472 e. The number of aromatic nitrogens is 2. The van der Waals surface area contributed by atoms with Gasteiger partial charge in [0.1, 0.15) is 0 Å². The van der Waals surface area contributed by atoms with Crippen LogP contribution in [-0.4, -0.2) is 16.5 Å². The van der Waals surface area contributed by atoms with E-state index in [4.69, 9.17) is 4.74 Å². The van der Waals surface area contributed by atoms with Crippen molar-refractivity contribution >= 4 is 0 Å². The van der Waals surface area contributed by atoms with Crippen LogP contribution in [0.15, 0.2) is 10.8 Å². The first-order valence-electron chi connectivity index (χ1n) is 2.73. The average molecular weight is 128 g/mol. The van der Waals surface area contributed by atoms with Crippen LogP contribution in [0.25, 0.3) is 0 Å². The third-order valence-electron chi connectivity index (χ3n) is 0.696. The summed E-state index contributed by atoms with van der Waals surface area (Å²) in [6, 6.07) is 0. The van der Waals surface area contributed by atoms with Crippen LogP contribution in [0.4, 0.5) is 0 Å². The monoisotopic (exact) mass is 128 g/mol. The van der Waals surface area contributed by atoms with Gasteiger partial charge >= 0.3 is 0 Å². The van der Waals surface area contributed by atoms with Crippen molar-refractivity contribution in [3.8, 4) is 5.88 Å². The van der Waals surface area contributed by atoms with Gasteiger partial charge in [0.15, 0.2) is 6.26 Å². The first-order chi connectivity index (χ1) is 4.29. The minimum atomic E-state index is 0.122. The molecule has 1 rings (SSSR count). The predicted octanol–water partition coefficient (Wildman–Crippen LogP) is 0.857. The molecule has 0 aliphatic heterocycles. The van der Waals surface area contributed by atoms with Gasteiger partial charge in [-0.2, -0.15) is 0 Å². The zero-order valence-electron chi connectivity index (χ0n) is 5.37. The summed E-state index contributed by atoms with van der Waals surface area (Å²) < 4.78 is 9.52. The summed E-state index contributed by atoms with van der Waals surface area (Å²) in [4.78, 5) is 0. The molecule has 0 N–H and O–H groups in total. The van der Waals surface area contributed by atoms with Crippen molar-refractivity contribution < 1.29 is 9.26 Å². The van der Waals surface area contributed by atoms with Gasteiger partial charge in [0.25, 0.3) is 5.88 Å². The Morgan fingerprint density at radius 1 is 1.67 bits per heavy atom. The van der Waals surface area contributed by atoms with Gasteiger partial charge in [-0.25, -0.2) is 0 Å². The van der Waals surface area contributed by atoms with Gasteiger partial charge in [0, 0.05) is 5.27 Å². The molecule has 0 aliphatic rings. The molecule has 0 radical (unpaired) electrons. The fourth-order valence-corrected chi connectivity index (χ4v) is 0.449. The third kappa shape index (κ3) is 1.71. The Kier molecular flexibility index (Phi) is 1.67. The molecule has 0 saturated heterocycles. The molecule has 0 amide bonds. The van der Waals surface area contributed by atoms with Crippen molar-refractivity contribution in [1.82, 2.24) is 10.4 Å². The van der Waals surface area contributed by atoms with Gasteiger partial charge in [-0.05, 0) is 13.8 Å². The maximum Gasteiger partial charge on any atom is 0.275 e. The maximum atomic E-state index is 5.09. The lowest BCUT2D eigenvalue weighted by molar-refractivity contribution is 0.232. The molecule has 0 saturated carbocycles. The second-order valence-corrected chi connectivity index (χ2v) is 1.91. The van der Waals surface area contributed by atoms with E-state index in [0.717, 1.165) is 0 Å². The van der Waals surface area contributed by atoms with Crippen molar-refractivity contribution in [1.29, 1.82) is 0 Å². The van der Waals surface area contributed by atoms with Crippen LogP contribution in [-0.2, 0) is 0 Å². The van der Waals surface area contributed by atoms with E-state index >= 15 is 0 Å². The number of hydrogen-bond donors (Lipinski definition) is 0. The van der Waals surface area contributed by atoms with E-state index in [1.165, 1.54) is 6.26 Å². The molecule has 4 nitrogen and oxygen atoms in total. The highest BCUT2D eigenvalue weighted by Gasteiger charge is 1.98. The summed E-state index contributed by atoms with van der Waals surface area (Å²) in [7, 11) is 0. The highest BCUT2D eigenvalue weighted by atomic mass is 16.5. The molecular formula is C5H8N2O2. The van der Waals surface area contributed by atoms with Gasteiger partial charge in [0.2, 0.25) is 0 Å². The number of ether oxygens (including phenoxy) is 1. The molecule has 0 atom stereocenters. The third-order valence-corrected chi connectivity index (χ3v) is 0.696. The van der Waals surface area contributed by atoms with Gasteiger partial charge in [-0.1, -0.05) is 5.10 Å². The van der Waals surface area contributed by atoms with Gasteiger partial charge in [-0.15, -0.1) is 0 Å². The topological polar surface area (TPSA) is 48.2 Å². The zero-order chi connectivity index (χ0) is 6.69. The Labute approximate surface area is 52.8 Å². The minimum Gasteiger partial charge on any atom is -0.472 e. The van der Waals surface area contributed by atoms with E-state index in [-0.39, 0.29) is 6.10 Å². The highest BCUT2D eigenvalue weighted by molar-refractivity contribution is 4.95. The molecule has 4 heteroatoms. The standard InChI is InChI=1S/C5H8N2O2/c1-4(2)9-5-3-8-7-6-5/h3-4H,1-2H3. The summed E-state index contributed by atoms with van der Waals surface area (Å²) in [5.41, 5.74) is 0. The van der Waals surface area contributed by atoms with Crippen molar-refractivity contribution in [2.24, 2.45) is 0 Å². The molecule has 0 bridgehead atoms. The van der Waals surface area contributed by atoms with Crippen LogP contribution in [0.3, 0.4) is 0 Å². The summed E-state index contributed by atoms with van der Waals surface area (Å²) in [5.74, 6) is 0.435. The van der Waals surface area contributed by atoms with Crippen LogP contribution >= 0.6 is 0 Å². The fourth-order valence-electron chi connectivity index (χ4n) is 0.449. The first kappa shape index (κ1) is 6.07. The number of hydrogen-bond acceptors (Lipinski definition) is 4. The molecule has 0 fully saturated rings. The van der Waals surface area contributed by atoms with E-state index in [0.29, 0.717) is 5.88 Å². The summed E-state index contributed by atoms with van der Waals surface area (Å²) in [6.07, 6.45) is 1.48. The summed E-state index contributed by atoms with van der Waals surface area (Å²) in [6.45, 7) is 3.82. The van der Waals surface area contributed by atoms with Crippen LogP contribution < -0.4 is 4.74 Å². The smallest absolute Gasteiger partial charge is 0.275 e. The maximum absolute atomic E-state index is 5.09. The Hall–Kier alpha value is -1.06. The Bertz CT molecular complexity index is 159. The van der Waals surface area contributed by atoms with Gasteiger partial charge < -0.3 is 9.26 Å².